The van der Waals surface area contributed by atoms with Gasteiger partial charge in [-0.1, -0.05) is 18.2 Å². The molecule has 1 saturated heterocycles. The van der Waals surface area contributed by atoms with Gasteiger partial charge in [0.05, 0.1) is 7.11 Å². The molecule has 1 aliphatic heterocycles. The lowest BCUT2D eigenvalue weighted by Crippen LogP contribution is -2.52. The third-order valence-electron chi connectivity index (χ3n) is 6.98. The Hall–Kier alpha value is -2.44. The number of likely N-dealkylation sites (tertiary alicyclic amines) is 1. The van der Waals surface area contributed by atoms with Crippen molar-refractivity contribution >= 4 is 22.4 Å². The van der Waals surface area contributed by atoms with Crippen molar-refractivity contribution in [3.63, 3.8) is 0 Å². The maximum absolute atomic E-state index is 11.5. The second kappa shape index (κ2) is 8.36. The van der Waals surface area contributed by atoms with Crippen LogP contribution in [0.2, 0.25) is 0 Å². The van der Waals surface area contributed by atoms with Gasteiger partial charge in [-0.15, -0.1) is 0 Å². The molecule has 2 aliphatic rings. The lowest BCUT2D eigenvalue weighted by molar-refractivity contribution is -0.141. The standard InChI is InChI=1S/C24H31N3O3/c1-30-21-7-6-16-13-18(5-4-17(16)14-21)22(25)19-3-2-12-27(15-19)20-8-10-24(29,11-9-20)23(26)28/h4-7,13-14,19-20,25,29H,2-3,8-12,15H2,1H3,(H2,26,28). The van der Waals surface area contributed by atoms with Crippen molar-refractivity contribution in [1.29, 1.82) is 5.41 Å². The van der Waals surface area contributed by atoms with Gasteiger partial charge in [-0.25, -0.2) is 0 Å². The summed E-state index contributed by atoms with van der Waals surface area (Å²) in [5, 5.41) is 21.4. The Morgan fingerprint density at radius 3 is 2.57 bits per heavy atom. The van der Waals surface area contributed by atoms with Gasteiger partial charge in [0, 0.05) is 24.2 Å². The minimum Gasteiger partial charge on any atom is -0.497 e. The average Bonchev–Trinajstić information content (AvgIpc) is 2.78. The third-order valence-corrected chi connectivity index (χ3v) is 6.98. The molecule has 0 aromatic heterocycles. The largest absolute Gasteiger partial charge is 0.497 e. The molecule has 4 rings (SSSR count). The van der Waals surface area contributed by atoms with Gasteiger partial charge >= 0.3 is 0 Å². The van der Waals surface area contributed by atoms with E-state index in [0.717, 1.165) is 60.9 Å². The van der Waals surface area contributed by atoms with Crippen LogP contribution in [0, 0.1) is 11.3 Å². The summed E-state index contributed by atoms with van der Waals surface area (Å²) in [6.07, 6.45) is 4.50. The van der Waals surface area contributed by atoms with Gasteiger partial charge in [-0.3, -0.25) is 9.69 Å². The van der Waals surface area contributed by atoms with Crippen LogP contribution in [0.1, 0.15) is 44.1 Å². The smallest absolute Gasteiger partial charge is 0.249 e. The number of hydrogen-bond donors (Lipinski definition) is 3. The molecule has 1 amide bonds. The highest BCUT2D eigenvalue weighted by atomic mass is 16.5. The monoisotopic (exact) mass is 409 g/mol. The number of rotatable bonds is 5. The lowest BCUT2D eigenvalue weighted by atomic mass is 9.80. The number of amides is 1. The van der Waals surface area contributed by atoms with Crippen molar-refractivity contribution in [3.05, 3.63) is 42.0 Å². The van der Waals surface area contributed by atoms with E-state index in [4.69, 9.17) is 15.9 Å². The van der Waals surface area contributed by atoms with Gasteiger partial charge in [-0.05, 0) is 79.6 Å². The van der Waals surface area contributed by atoms with Crippen molar-refractivity contribution in [2.24, 2.45) is 11.7 Å². The number of nitrogens with zero attached hydrogens (tertiary/aromatic N) is 1. The first kappa shape index (κ1) is 20.8. The molecular formula is C24H31N3O3. The fourth-order valence-electron chi connectivity index (χ4n) is 5.02. The van der Waals surface area contributed by atoms with E-state index in [1.165, 1.54) is 0 Å². The molecule has 30 heavy (non-hydrogen) atoms. The third kappa shape index (κ3) is 4.07. The first-order valence-electron chi connectivity index (χ1n) is 10.8. The minimum atomic E-state index is -1.34. The topological polar surface area (TPSA) is 99.6 Å². The van der Waals surface area contributed by atoms with Gasteiger partial charge in [0.15, 0.2) is 0 Å². The predicted molar refractivity (Wildman–Crippen MR) is 118 cm³/mol. The molecule has 2 aromatic carbocycles. The number of nitrogens with two attached hydrogens (primary N) is 1. The summed E-state index contributed by atoms with van der Waals surface area (Å²) in [5.74, 6) is 0.434. The molecule has 2 fully saturated rings. The number of hydrogen-bond acceptors (Lipinski definition) is 5. The number of methoxy groups -OCH3 is 1. The lowest BCUT2D eigenvalue weighted by Gasteiger charge is -2.43. The van der Waals surface area contributed by atoms with Gasteiger partial charge in [0.2, 0.25) is 5.91 Å². The first-order chi connectivity index (χ1) is 14.4. The van der Waals surface area contributed by atoms with E-state index in [0.29, 0.717) is 24.6 Å². The molecule has 0 radical (unpaired) electrons. The molecule has 160 valence electrons. The Morgan fingerprint density at radius 2 is 1.87 bits per heavy atom. The van der Waals surface area contributed by atoms with E-state index in [9.17, 15) is 9.90 Å². The molecule has 0 spiro atoms. The quantitative estimate of drug-likeness (QED) is 0.661. The summed E-state index contributed by atoms with van der Waals surface area (Å²) >= 11 is 0. The normalized spacial score (nSPS) is 27.7. The first-order valence-corrected chi connectivity index (χ1v) is 10.8. The van der Waals surface area contributed by atoms with Crippen LogP contribution in [0.4, 0.5) is 0 Å². The van der Waals surface area contributed by atoms with E-state index in [1.54, 1.807) is 7.11 Å². The van der Waals surface area contributed by atoms with Crippen LogP contribution >= 0.6 is 0 Å². The number of nitrogens with one attached hydrogen (secondary N) is 1. The van der Waals surface area contributed by atoms with Crippen LogP contribution in [0.3, 0.4) is 0 Å². The van der Waals surface area contributed by atoms with E-state index >= 15 is 0 Å². The van der Waals surface area contributed by atoms with Crippen molar-refractivity contribution in [1.82, 2.24) is 4.90 Å². The number of primary amides is 1. The average molecular weight is 410 g/mol. The van der Waals surface area contributed by atoms with Crippen LogP contribution in [0.5, 0.6) is 5.75 Å². The predicted octanol–water partition coefficient (Wildman–Crippen LogP) is 3.09. The molecule has 1 unspecified atom stereocenters. The Balaban J connectivity index is 1.44. The highest BCUT2D eigenvalue weighted by Gasteiger charge is 2.40. The Labute approximate surface area is 177 Å². The van der Waals surface area contributed by atoms with E-state index < -0.39 is 11.5 Å². The van der Waals surface area contributed by atoms with Gasteiger partial charge in [0.25, 0.3) is 0 Å². The number of fused-ring (bicyclic) bond motifs is 1. The highest BCUT2D eigenvalue weighted by molar-refractivity contribution is 6.03. The van der Waals surface area contributed by atoms with Gasteiger partial charge < -0.3 is 21.0 Å². The number of ether oxygens (including phenoxy) is 1. The summed E-state index contributed by atoms with van der Waals surface area (Å²) in [7, 11) is 1.67. The molecule has 1 atom stereocenters. The van der Waals surface area contributed by atoms with Gasteiger partial charge in [-0.2, -0.15) is 0 Å². The van der Waals surface area contributed by atoms with Crippen molar-refractivity contribution in [2.75, 3.05) is 20.2 Å². The molecule has 1 heterocycles. The van der Waals surface area contributed by atoms with Crippen LogP contribution in [0.25, 0.3) is 10.8 Å². The van der Waals surface area contributed by atoms with E-state index in [2.05, 4.69) is 17.0 Å². The van der Waals surface area contributed by atoms with Crippen LogP contribution in [0.15, 0.2) is 36.4 Å². The zero-order valence-corrected chi connectivity index (χ0v) is 17.6. The summed E-state index contributed by atoms with van der Waals surface area (Å²) in [6, 6.07) is 12.6. The minimum absolute atomic E-state index is 0.200. The summed E-state index contributed by atoms with van der Waals surface area (Å²) in [5.41, 5.74) is 5.70. The Bertz CT molecular complexity index is 950. The van der Waals surface area contributed by atoms with Crippen molar-refractivity contribution < 1.29 is 14.6 Å². The van der Waals surface area contributed by atoms with E-state index in [1.807, 2.05) is 24.3 Å². The molecule has 6 heteroatoms. The SMILES string of the molecule is COc1ccc2cc(C(=N)C3CCCN(C4CCC(O)(C(N)=O)CC4)C3)ccc2c1. The molecule has 1 saturated carbocycles. The zero-order chi connectivity index (χ0) is 21.3. The molecule has 2 aromatic rings. The second-order valence-corrected chi connectivity index (χ2v) is 8.80. The molecule has 1 aliphatic carbocycles. The van der Waals surface area contributed by atoms with Crippen molar-refractivity contribution in [3.8, 4) is 5.75 Å². The summed E-state index contributed by atoms with van der Waals surface area (Å²) in [4.78, 5) is 14.0. The molecule has 6 nitrogen and oxygen atoms in total. The fraction of sp³-hybridized carbons (Fsp3) is 0.500. The number of carbonyl (C=O) groups is 1. The van der Waals surface area contributed by atoms with Crippen molar-refractivity contribution in [2.45, 2.75) is 50.2 Å². The van der Waals surface area contributed by atoms with Gasteiger partial charge in [0.1, 0.15) is 11.4 Å². The van der Waals surface area contributed by atoms with Crippen LogP contribution in [-0.2, 0) is 4.79 Å². The number of piperidine rings is 1. The maximum Gasteiger partial charge on any atom is 0.249 e. The summed E-state index contributed by atoms with van der Waals surface area (Å²) in [6.45, 7) is 1.88. The second-order valence-electron chi connectivity index (χ2n) is 8.80. The molecule has 4 N–H and O–H groups in total. The molecular weight excluding hydrogens is 378 g/mol. The fourth-order valence-corrected chi connectivity index (χ4v) is 5.02. The van der Waals surface area contributed by atoms with E-state index in [-0.39, 0.29) is 5.92 Å². The molecule has 0 bridgehead atoms. The Kier molecular flexibility index (Phi) is 5.80. The highest BCUT2D eigenvalue weighted by Crippen LogP contribution is 2.33. The number of benzene rings is 2. The van der Waals surface area contributed by atoms with Crippen LogP contribution < -0.4 is 10.5 Å². The maximum atomic E-state index is 11.5. The Morgan fingerprint density at radius 1 is 1.17 bits per heavy atom. The van der Waals surface area contributed by atoms with Crippen LogP contribution in [-0.4, -0.2) is 53.5 Å². The number of aliphatic hydroxyl groups is 1. The summed E-state index contributed by atoms with van der Waals surface area (Å²) < 4.78 is 5.30. The zero-order valence-electron chi connectivity index (χ0n) is 17.6. The number of carbonyl (C=O) groups excluding carboxylic acids is 1.